The minimum Gasteiger partial charge on any atom is -0.394 e. The lowest BCUT2D eigenvalue weighted by Crippen LogP contribution is -2.49. The molecule has 8 heteroatoms. The molecule has 2 aromatic rings. The lowest BCUT2D eigenvalue weighted by Gasteiger charge is -2.42. The van der Waals surface area contributed by atoms with Crippen molar-refractivity contribution in [3.05, 3.63) is 40.5 Å². The van der Waals surface area contributed by atoms with Gasteiger partial charge in [-0.3, -0.25) is 4.21 Å². The summed E-state index contributed by atoms with van der Waals surface area (Å²) in [4.78, 5) is 13.1. The van der Waals surface area contributed by atoms with Crippen LogP contribution >= 0.6 is 11.6 Å². The minimum absolute atomic E-state index is 0.0633. The number of hydrogen-bond acceptors (Lipinski definition) is 6. The summed E-state index contributed by atoms with van der Waals surface area (Å²) in [5.74, 6) is 3.10. The summed E-state index contributed by atoms with van der Waals surface area (Å²) in [7, 11) is -1.18. The molecular weight excluding hydrogens is 468 g/mol. The normalized spacial score (nSPS) is 30.6. The molecule has 2 bridgehead atoms. The molecule has 3 heterocycles. The van der Waals surface area contributed by atoms with Gasteiger partial charge in [-0.25, -0.2) is 4.98 Å². The number of aliphatic hydroxyl groups is 1. The van der Waals surface area contributed by atoms with Gasteiger partial charge >= 0.3 is 0 Å². The van der Waals surface area contributed by atoms with Gasteiger partial charge in [-0.1, -0.05) is 23.7 Å². The van der Waals surface area contributed by atoms with E-state index < -0.39 is 10.8 Å². The molecule has 182 valence electrons. The Hall–Kier alpha value is -1.70. The molecule has 4 aliphatic rings. The second-order valence-corrected chi connectivity index (χ2v) is 13.8. The summed E-state index contributed by atoms with van der Waals surface area (Å²) in [6.07, 6.45) is 6.02. The summed E-state index contributed by atoms with van der Waals surface area (Å²) in [6, 6.07) is 8.38. The molecule has 3 fully saturated rings. The molecule has 2 aliphatic heterocycles. The van der Waals surface area contributed by atoms with Crippen molar-refractivity contribution >= 4 is 34.2 Å². The second-order valence-electron chi connectivity index (χ2n) is 11.4. The van der Waals surface area contributed by atoms with E-state index >= 15 is 0 Å². The second kappa shape index (κ2) is 8.17. The number of anilines is 2. The fourth-order valence-corrected chi connectivity index (χ4v) is 8.11. The number of hydrogen-bond donors (Lipinski definition) is 2. The van der Waals surface area contributed by atoms with Gasteiger partial charge in [0, 0.05) is 24.5 Å². The van der Waals surface area contributed by atoms with Crippen molar-refractivity contribution in [3.63, 3.8) is 0 Å². The Kier molecular flexibility index (Phi) is 5.47. The molecule has 1 aromatic heterocycles. The first kappa shape index (κ1) is 22.7. The standard InChI is InChI=1S/C26H33ClN4O2S/c1-25(2)12-20-22(34(25)33)23(30-26(15-32)10-3-11-26)29-24(28-20)31-13-17-4-5-18(14-31)21(17)16-6-8-19(27)9-7-16/h6-9,17-18,21,32H,3-5,10-15H2,1-2H3,(H,28,29,30)/t17?,18?,21?,34-/m0/s1. The summed E-state index contributed by atoms with van der Waals surface area (Å²) < 4.78 is 13.0. The van der Waals surface area contributed by atoms with E-state index in [9.17, 15) is 9.32 Å². The molecule has 34 heavy (non-hydrogen) atoms. The van der Waals surface area contributed by atoms with E-state index in [2.05, 4.69) is 22.3 Å². The van der Waals surface area contributed by atoms with Gasteiger partial charge in [0.05, 0.1) is 33.4 Å². The third-order valence-corrected chi connectivity index (χ3v) is 10.8. The maximum Gasteiger partial charge on any atom is 0.227 e. The highest BCUT2D eigenvalue weighted by atomic mass is 35.5. The first-order valence-electron chi connectivity index (χ1n) is 12.5. The topological polar surface area (TPSA) is 78.3 Å². The largest absolute Gasteiger partial charge is 0.394 e. The van der Waals surface area contributed by atoms with Crippen molar-refractivity contribution in [2.75, 3.05) is 29.9 Å². The molecule has 1 saturated heterocycles. The zero-order chi connectivity index (χ0) is 23.7. The van der Waals surface area contributed by atoms with Gasteiger partial charge in [0.15, 0.2) is 0 Å². The Bertz CT molecular complexity index is 1110. The van der Waals surface area contributed by atoms with E-state index in [1.54, 1.807) is 0 Å². The number of nitrogens with zero attached hydrogens (tertiary/aromatic N) is 3. The van der Waals surface area contributed by atoms with Gasteiger partial charge in [-0.2, -0.15) is 4.98 Å². The van der Waals surface area contributed by atoms with Gasteiger partial charge in [-0.05, 0) is 81.4 Å². The number of nitrogens with one attached hydrogen (secondary N) is 1. The number of aromatic nitrogens is 2. The van der Waals surface area contributed by atoms with Crippen molar-refractivity contribution < 1.29 is 9.32 Å². The zero-order valence-electron chi connectivity index (χ0n) is 19.9. The van der Waals surface area contributed by atoms with Crippen LogP contribution in [-0.2, 0) is 17.2 Å². The van der Waals surface area contributed by atoms with Crippen molar-refractivity contribution in [2.45, 2.75) is 73.5 Å². The number of benzene rings is 1. The molecule has 3 atom stereocenters. The van der Waals surface area contributed by atoms with Crippen LogP contribution in [0.2, 0.25) is 5.02 Å². The van der Waals surface area contributed by atoms with Gasteiger partial charge in [0.2, 0.25) is 5.95 Å². The number of halogens is 1. The summed E-state index contributed by atoms with van der Waals surface area (Å²) in [6.45, 7) is 6.00. The highest BCUT2D eigenvalue weighted by Gasteiger charge is 2.46. The molecule has 2 saturated carbocycles. The third-order valence-electron chi connectivity index (χ3n) is 8.57. The van der Waals surface area contributed by atoms with Crippen LogP contribution in [0.1, 0.15) is 63.1 Å². The summed E-state index contributed by atoms with van der Waals surface area (Å²) in [5, 5.41) is 14.4. The maximum atomic E-state index is 13.4. The highest BCUT2D eigenvalue weighted by molar-refractivity contribution is 7.87. The van der Waals surface area contributed by atoms with Crippen LogP contribution in [-0.4, -0.2) is 49.3 Å². The van der Waals surface area contributed by atoms with Crippen LogP contribution in [0.15, 0.2) is 29.2 Å². The van der Waals surface area contributed by atoms with Gasteiger partial charge in [0.1, 0.15) is 10.7 Å². The Morgan fingerprint density at radius 1 is 1.15 bits per heavy atom. The van der Waals surface area contributed by atoms with E-state index in [4.69, 9.17) is 21.6 Å². The van der Waals surface area contributed by atoms with Gasteiger partial charge in [0.25, 0.3) is 0 Å². The lowest BCUT2D eigenvalue weighted by molar-refractivity contribution is 0.143. The number of piperidine rings is 1. The SMILES string of the molecule is CC1(C)Cc2nc(N3CC4CCC(C3)C4c3ccc(Cl)cc3)nc(NC3(CO)CCC3)c2[S@@]1=O. The van der Waals surface area contributed by atoms with Crippen LogP contribution in [0.3, 0.4) is 0 Å². The average Bonchev–Trinajstić information content (AvgIpc) is 3.18. The summed E-state index contributed by atoms with van der Waals surface area (Å²) >= 11 is 6.14. The van der Waals surface area contributed by atoms with Crippen molar-refractivity contribution in [1.82, 2.24) is 9.97 Å². The van der Waals surface area contributed by atoms with Crippen LogP contribution in [0.5, 0.6) is 0 Å². The Balaban J connectivity index is 1.32. The van der Waals surface area contributed by atoms with Crippen molar-refractivity contribution in [3.8, 4) is 0 Å². The Labute approximate surface area is 209 Å². The van der Waals surface area contributed by atoms with E-state index in [0.29, 0.717) is 30.0 Å². The highest BCUT2D eigenvalue weighted by Crippen LogP contribution is 2.49. The van der Waals surface area contributed by atoms with E-state index in [0.717, 1.165) is 53.9 Å². The van der Waals surface area contributed by atoms with Crippen LogP contribution < -0.4 is 10.2 Å². The fraction of sp³-hybridized carbons (Fsp3) is 0.615. The molecule has 6 nitrogen and oxygen atoms in total. The Morgan fingerprint density at radius 2 is 1.82 bits per heavy atom. The molecular formula is C26H33ClN4O2S. The molecule has 1 aromatic carbocycles. The third kappa shape index (κ3) is 3.66. The predicted octanol–water partition coefficient (Wildman–Crippen LogP) is 4.53. The van der Waals surface area contributed by atoms with Crippen molar-refractivity contribution in [1.29, 1.82) is 0 Å². The molecule has 0 spiro atoms. The first-order valence-corrected chi connectivity index (χ1v) is 14.0. The number of fused-ring (bicyclic) bond motifs is 3. The number of rotatable bonds is 5. The average molecular weight is 501 g/mol. The van der Waals surface area contributed by atoms with E-state index in [1.165, 1.54) is 18.4 Å². The van der Waals surface area contributed by atoms with E-state index in [1.807, 2.05) is 26.0 Å². The van der Waals surface area contributed by atoms with E-state index in [-0.39, 0.29) is 16.9 Å². The zero-order valence-corrected chi connectivity index (χ0v) is 21.5. The van der Waals surface area contributed by atoms with Gasteiger partial charge < -0.3 is 15.3 Å². The summed E-state index contributed by atoms with van der Waals surface area (Å²) in [5.41, 5.74) is 1.94. The first-order chi connectivity index (χ1) is 16.3. The van der Waals surface area contributed by atoms with Crippen LogP contribution in [0.25, 0.3) is 0 Å². The molecule has 2 N–H and O–H groups in total. The molecule has 2 aliphatic carbocycles. The lowest BCUT2D eigenvalue weighted by atomic mass is 9.77. The Morgan fingerprint density at radius 3 is 2.41 bits per heavy atom. The minimum atomic E-state index is -1.18. The van der Waals surface area contributed by atoms with Crippen molar-refractivity contribution in [2.24, 2.45) is 11.8 Å². The quantitative estimate of drug-likeness (QED) is 0.628. The van der Waals surface area contributed by atoms with Gasteiger partial charge in [-0.15, -0.1) is 0 Å². The molecule has 0 radical (unpaired) electrons. The maximum absolute atomic E-state index is 13.4. The molecule has 2 unspecified atom stereocenters. The molecule has 6 rings (SSSR count). The fourth-order valence-electron chi connectivity index (χ4n) is 6.56. The van der Waals surface area contributed by atoms with Crippen LogP contribution in [0.4, 0.5) is 11.8 Å². The van der Waals surface area contributed by atoms with Crippen LogP contribution in [0, 0.1) is 11.8 Å². The number of aliphatic hydroxyl groups excluding tert-OH is 1. The molecule has 0 amide bonds. The monoisotopic (exact) mass is 500 g/mol. The smallest absolute Gasteiger partial charge is 0.227 e. The predicted molar refractivity (Wildman–Crippen MR) is 136 cm³/mol.